The highest BCUT2D eigenvalue weighted by Gasteiger charge is 2.43. The van der Waals surface area contributed by atoms with Gasteiger partial charge >= 0.3 is 0 Å². The number of hydrogen-bond donors (Lipinski definition) is 1. The van der Waals surface area contributed by atoms with Gasteiger partial charge in [-0.05, 0) is 36.1 Å². The standard InChI is InChI=1S/C27H35FN4O3/c1-35-20-26(33)32-19-24(17-25(32)27(34)30-15-12-29-13-16-30)31(14-11-21-5-3-2-4-6-21)18-22-7-9-23(28)10-8-22/h2-10,24-25,29H,11-20H2,1H3. The number of nitrogens with zero attached hydrogens (tertiary/aromatic N) is 3. The molecule has 2 aromatic rings. The molecule has 0 saturated carbocycles. The molecule has 2 aromatic carbocycles. The Bertz CT molecular complexity index is 966. The lowest BCUT2D eigenvalue weighted by Gasteiger charge is -2.32. The van der Waals surface area contributed by atoms with E-state index >= 15 is 0 Å². The van der Waals surface area contributed by atoms with Crippen molar-refractivity contribution in [2.24, 2.45) is 0 Å². The number of methoxy groups -OCH3 is 1. The van der Waals surface area contributed by atoms with Crippen LogP contribution in [0.15, 0.2) is 54.6 Å². The molecule has 2 heterocycles. The van der Waals surface area contributed by atoms with Crippen LogP contribution in [0.3, 0.4) is 0 Å². The summed E-state index contributed by atoms with van der Waals surface area (Å²) < 4.78 is 18.6. The highest BCUT2D eigenvalue weighted by atomic mass is 19.1. The second-order valence-corrected chi connectivity index (χ2v) is 9.29. The monoisotopic (exact) mass is 482 g/mol. The normalized spacial score (nSPS) is 20.4. The van der Waals surface area contributed by atoms with Crippen molar-refractivity contribution in [1.82, 2.24) is 20.0 Å². The summed E-state index contributed by atoms with van der Waals surface area (Å²) in [7, 11) is 1.50. The summed E-state index contributed by atoms with van der Waals surface area (Å²) in [6, 6.07) is 16.4. The Balaban J connectivity index is 1.54. The Morgan fingerprint density at radius 1 is 1.06 bits per heavy atom. The number of amides is 2. The van der Waals surface area contributed by atoms with E-state index in [4.69, 9.17) is 4.74 Å². The van der Waals surface area contributed by atoms with E-state index in [-0.39, 0.29) is 30.3 Å². The number of ether oxygens (including phenoxy) is 1. The fourth-order valence-corrected chi connectivity index (χ4v) is 5.02. The largest absolute Gasteiger partial charge is 0.375 e. The van der Waals surface area contributed by atoms with E-state index in [0.717, 1.165) is 31.6 Å². The molecule has 0 aliphatic carbocycles. The summed E-state index contributed by atoms with van der Waals surface area (Å²) in [6.45, 7) is 4.66. The first-order valence-electron chi connectivity index (χ1n) is 12.4. The maximum Gasteiger partial charge on any atom is 0.249 e. The molecule has 2 aliphatic heterocycles. The van der Waals surface area contributed by atoms with Crippen molar-refractivity contribution in [2.75, 3.05) is 53.0 Å². The number of nitrogens with one attached hydrogen (secondary N) is 1. The average Bonchev–Trinajstić information content (AvgIpc) is 3.34. The Morgan fingerprint density at radius 2 is 1.77 bits per heavy atom. The van der Waals surface area contributed by atoms with Crippen LogP contribution in [0.1, 0.15) is 17.5 Å². The van der Waals surface area contributed by atoms with Crippen molar-refractivity contribution < 1.29 is 18.7 Å². The maximum absolute atomic E-state index is 13.5. The first kappa shape index (κ1) is 25.3. The summed E-state index contributed by atoms with van der Waals surface area (Å²) >= 11 is 0. The minimum atomic E-state index is -0.492. The van der Waals surface area contributed by atoms with Gasteiger partial charge in [0, 0.05) is 59.0 Å². The number of carbonyl (C=O) groups is 2. The molecule has 1 N–H and O–H groups in total. The van der Waals surface area contributed by atoms with Crippen LogP contribution in [0.4, 0.5) is 4.39 Å². The molecule has 8 heteroatoms. The van der Waals surface area contributed by atoms with E-state index in [1.54, 1.807) is 17.0 Å². The average molecular weight is 483 g/mol. The van der Waals surface area contributed by atoms with Gasteiger partial charge in [0.2, 0.25) is 11.8 Å². The molecular formula is C27H35FN4O3. The van der Waals surface area contributed by atoms with Crippen LogP contribution in [0.25, 0.3) is 0 Å². The highest BCUT2D eigenvalue weighted by Crippen LogP contribution is 2.26. The molecule has 2 unspecified atom stereocenters. The van der Waals surface area contributed by atoms with Gasteiger partial charge in [-0.2, -0.15) is 0 Å². The van der Waals surface area contributed by atoms with Gasteiger partial charge in [0.05, 0.1) is 0 Å². The molecule has 7 nitrogen and oxygen atoms in total. The lowest BCUT2D eigenvalue weighted by atomic mass is 10.1. The molecule has 0 radical (unpaired) electrons. The number of likely N-dealkylation sites (tertiary alicyclic amines) is 1. The van der Waals surface area contributed by atoms with E-state index in [9.17, 15) is 14.0 Å². The van der Waals surface area contributed by atoms with Crippen molar-refractivity contribution in [1.29, 1.82) is 0 Å². The topological polar surface area (TPSA) is 65.1 Å². The first-order chi connectivity index (χ1) is 17.0. The van der Waals surface area contributed by atoms with E-state index in [2.05, 4.69) is 22.3 Å². The molecule has 0 bridgehead atoms. The Hall–Kier alpha value is -2.81. The summed E-state index contributed by atoms with van der Waals surface area (Å²) in [5.41, 5.74) is 2.24. The summed E-state index contributed by atoms with van der Waals surface area (Å²) in [4.78, 5) is 32.3. The Labute approximate surface area is 206 Å². The van der Waals surface area contributed by atoms with Crippen LogP contribution in [0.2, 0.25) is 0 Å². The van der Waals surface area contributed by atoms with Gasteiger partial charge in [-0.1, -0.05) is 42.5 Å². The SMILES string of the molecule is COCC(=O)N1CC(N(CCc2ccccc2)Cc2ccc(F)cc2)CC1C(=O)N1CCNCC1. The summed E-state index contributed by atoms with van der Waals surface area (Å²) in [6.07, 6.45) is 1.43. The van der Waals surface area contributed by atoms with Crippen LogP contribution in [0, 0.1) is 5.82 Å². The molecular weight excluding hydrogens is 447 g/mol. The van der Waals surface area contributed by atoms with Gasteiger partial charge in [-0.15, -0.1) is 0 Å². The quantitative estimate of drug-likeness (QED) is 0.592. The third kappa shape index (κ3) is 6.66. The molecule has 2 fully saturated rings. The zero-order valence-corrected chi connectivity index (χ0v) is 20.4. The minimum Gasteiger partial charge on any atom is -0.375 e. The van der Waals surface area contributed by atoms with E-state index in [0.29, 0.717) is 32.6 Å². The lowest BCUT2D eigenvalue weighted by molar-refractivity contribution is -0.146. The zero-order chi connectivity index (χ0) is 24.6. The lowest BCUT2D eigenvalue weighted by Crippen LogP contribution is -2.53. The first-order valence-corrected chi connectivity index (χ1v) is 12.4. The van der Waals surface area contributed by atoms with Gasteiger partial charge in [-0.25, -0.2) is 4.39 Å². The van der Waals surface area contributed by atoms with Gasteiger partial charge < -0.3 is 19.9 Å². The molecule has 188 valence electrons. The fourth-order valence-electron chi connectivity index (χ4n) is 5.02. The van der Waals surface area contributed by atoms with E-state index < -0.39 is 6.04 Å². The third-order valence-corrected chi connectivity index (χ3v) is 6.93. The number of hydrogen-bond acceptors (Lipinski definition) is 5. The molecule has 2 amide bonds. The fraction of sp³-hybridized carbons (Fsp3) is 0.481. The second-order valence-electron chi connectivity index (χ2n) is 9.29. The van der Waals surface area contributed by atoms with Crippen LogP contribution < -0.4 is 5.32 Å². The summed E-state index contributed by atoms with van der Waals surface area (Å²) in [5, 5.41) is 3.28. The number of halogens is 1. The molecule has 0 spiro atoms. The predicted molar refractivity (Wildman–Crippen MR) is 132 cm³/mol. The van der Waals surface area contributed by atoms with Gasteiger partial charge in [0.1, 0.15) is 18.5 Å². The van der Waals surface area contributed by atoms with Crippen LogP contribution in [-0.2, 0) is 27.3 Å². The number of rotatable bonds is 9. The van der Waals surface area contributed by atoms with Crippen LogP contribution in [-0.4, -0.2) is 91.6 Å². The van der Waals surface area contributed by atoms with Gasteiger partial charge in [-0.3, -0.25) is 14.5 Å². The molecule has 2 saturated heterocycles. The van der Waals surface area contributed by atoms with Gasteiger partial charge in [0.25, 0.3) is 0 Å². The second kappa shape index (κ2) is 12.2. The molecule has 4 rings (SSSR count). The van der Waals surface area contributed by atoms with Crippen LogP contribution in [0.5, 0.6) is 0 Å². The smallest absolute Gasteiger partial charge is 0.249 e. The molecule has 35 heavy (non-hydrogen) atoms. The molecule has 0 aromatic heterocycles. The van der Waals surface area contributed by atoms with E-state index in [1.807, 2.05) is 23.1 Å². The van der Waals surface area contributed by atoms with Crippen LogP contribution >= 0.6 is 0 Å². The van der Waals surface area contributed by atoms with E-state index in [1.165, 1.54) is 24.8 Å². The molecule has 2 atom stereocenters. The van der Waals surface area contributed by atoms with Crippen molar-refractivity contribution in [3.63, 3.8) is 0 Å². The molecule has 2 aliphatic rings. The Morgan fingerprint density at radius 3 is 2.46 bits per heavy atom. The third-order valence-electron chi connectivity index (χ3n) is 6.93. The highest BCUT2D eigenvalue weighted by molar-refractivity contribution is 5.89. The van der Waals surface area contributed by atoms with Crippen molar-refractivity contribution >= 4 is 11.8 Å². The minimum absolute atomic E-state index is 0.0152. The predicted octanol–water partition coefficient (Wildman–Crippen LogP) is 1.92. The van der Waals surface area contributed by atoms with Crippen molar-refractivity contribution in [3.05, 3.63) is 71.5 Å². The summed E-state index contributed by atoms with van der Waals surface area (Å²) in [5.74, 6) is -0.403. The Kier molecular flexibility index (Phi) is 8.84. The van der Waals surface area contributed by atoms with Crippen molar-refractivity contribution in [3.8, 4) is 0 Å². The number of piperazine rings is 1. The van der Waals surface area contributed by atoms with Gasteiger partial charge in [0.15, 0.2) is 0 Å². The van der Waals surface area contributed by atoms with Crippen molar-refractivity contribution in [2.45, 2.75) is 31.5 Å². The maximum atomic E-state index is 13.5. The number of carbonyl (C=O) groups excluding carboxylic acids is 2. The number of benzene rings is 2. The zero-order valence-electron chi connectivity index (χ0n) is 20.4.